The number of unbranched alkanes of at least 4 members (excludes halogenated alkanes) is 1. The third-order valence-corrected chi connectivity index (χ3v) is 6.72. The van der Waals surface area contributed by atoms with Crippen LogP contribution in [0.4, 0.5) is 5.13 Å². The fourth-order valence-corrected chi connectivity index (χ4v) is 4.70. The zero-order valence-corrected chi connectivity index (χ0v) is 21.0. The van der Waals surface area contributed by atoms with E-state index in [-0.39, 0.29) is 0 Å². The lowest BCUT2D eigenvalue weighted by Gasteiger charge is -2.22. The number of nitrogens with one attached hydrogen (secondary N) is 1. The molecule has 2 N–H and O–H groups in total. The zero-order chi connectivity index (χ0) is 25.3. The van der Waals surface area contributed by atoms with E-state index >= 15 is 0 Å². The smallest absolute Gasteiger partial charge is 0.322 e. The molecule has 36 heavy (non-hydrogen) atoms. The van der Waals surface area contributed by atoms with Crippen LogP contribution < -0.4 is 10.2 Å². The van der Waals surface area contributed by atoms with Crippen molar-refractivity contribution in [3.8, 4) is 22.4 Å². The molecule has 0 saturated heterocycles. The number of thiazole rings is 1. The van der Waals surface area contributed by atoms with Crippen LogP contribution >= 0.6 is 11.3 Å². The van der Waals surface area contributed by atoms with Crippen molar-refractivity contribution in [2.24, 2.45) is 0 Å². The number of hydrogen-bond acceptors (Lipinski definition) is 5. The number of carbonyl (C=O) groups is 2. The molecule has 0 spiro atoms. The summed E-state index contributed by atoms with van der Waals surface area (Å²) in [5, 5.41) is 14.2. The highest BCUT2D eigenvalue weighted by molar-refractivity contribution is 7.14. The summed E-state index contributed by atoms with van der Waals surface area (Å²) in [4.78, 5) is 30.0. The average molecular weight is 500 g/mol. The van der Waals surface area contributed by atoms with Crippen molar-refractivity contribution in [3.63, 3.8) is 0 Å². The van der Waals surface area contributed by atoms with Crippen molar-refractivity contribution in [1.82, 2.24) is 10.3 Å². The molecule has 0 aliphatic rings. The third kappa shape index (κ3) is 6.58. The molecule has 184 valence electrons. The van der Waals surface area contributed by atoms with E-state index in [1.165, 1.54) is 11.1 Å². The van der Waals surface area contributed by atoms with Crippen LogP contribution in [0.5, 0.6) is 0 Å². The quantitative estimate of drug-likeness (QED) is 0.261. The summed E-state index contributed by atoms with van der Waals surface area (Å²) in [5.41, 5.74) is 5.92. The second kappa shape index (κ2) is 12.1. The highest BCUT2D eigenvalue weighted by Crippen LogP contribution is 2.30. The average Bonchev–Trinajstić information content (AvgIpc) is 3.41. The van der Waals surface area contributed by atoms with Gasteiger partial charge in [-0.3, -0.25) is 9.59 Å². The molecule has 0 aliphatic heterocycles. The molecule has 4 rings (SSSR count). The maximum atomic E-state index is 12.1. The normalized spacial score (nSPS) is 10.7. The van der Waals surface area contributed by atoms with Crippen molar-refractivity contribution >= 4 is 28.3 Å². The molecule has 0 unspecified atom stereocenters. The lowest BCUT2D eigenvalue weighted by Crippen LogP contribution is -2.29. The van der Waals surface area contributed by atoms with Gasteiger partial charge in [0.25, 0.3) is 5.91 Å². The Labute approximate surface area is 215 Å². The van der Waals surface area contributed by atoms with Gasteiger partial charge in [0.15, 0.2) is 5.13 Å². The number of aromatic nitrogens is 1. The first kappa shape index (κ1) is 25.1. The van der Waals surface area contributed by atoms with Crippen LogP contribution in [-0.2, 0) is 11.3 Å². The van der Waals surface area contributed by atoms with Crippen LogP contribution in [0.15, 0.2) is 84.2 Å². The Morgan fingerprint density at radius 2 is 1.58 bits per heavy atom. The van der Waals surface area contributed by atoms with Crippen molar-refractivity contribution in [2.45, 2.75) is 26.3 Å². The summed E-state index contributed by atoms with van der Waals surface area (Å²) in [6, 6.07) is 26.1. The van der Waals surface area contributed by atoms with Crippen LogP contribution in [0.25, 0.3) is 22.4 Å². The van der Waals surface area contributed by atoms with Gasteiger partial charge in [0.2, 0.25) is 0 Å². The SMILES string of the molecule is CCCCN(Cc1ccc(C(=O)NCC(=O)O)cc1)c1nc(-c2ccc(-c3ccccc3)cc2)cs1. The van der Waals surface area contributed by atoms with Gasteiger partial charge in [-0.05, 0) is 35.2 Å². The minimum Gasteiger partial charge on any atom is -0.480 e. The number of carbonyl (C=O) groups excluding carboxylic acids is 1. The van der Waals surface area contributed by atoms with Gasteiger partial charge in [0.05, 0.1) is 5.69 Å². The van der Waals surface area contributed by atoms with Gasteiger partial charge in [0, 0.05) is 29.6 Å². The lowest BCUT2D eigenvalue weighted by atomic mass is 10.0. The number of carboxylic acid groups (broad SMARTS) is 1. The maximum Gasteiger partial charge on any atom is 0.322 e. The van der Waals surface area contributed by atoms with Gasteiger partial charge in [-0.2, -0.15) is 0 Å². The molecule has 0 fully saturated rings. The summed E-state index contributed by atoms with van der Waals surface area (Å²) < 4.78 is 0. The molecule has 1 amide bonds. The van der Waals surface area contributed by atoms with E-state index in [1.807, 2.05) is 30.3 Å². The number of amides is 1. The highest BCUT2D eigenvalue weighted by atomic mass is 32.1. The number of nitrogens with zero attached hydrogens (tertiary/aromatic N) is 2. The fraction of sp³-hybridized carbons (Fsp3) is 0.207. The Bertz CT molecular complexity index is 1290. The second-order valence-electron chi connectivity index (χ2n) is 8.51. The van der Waals surface area contributed by atoms with Gasteiger partial charge < -0.3 is 15.3 Å². The second-order valence-corrected chi connectivity index (χ2v) is 9.34. The maximum absolute atomic E-state index is 12.1. The van der Waals surface area contributed by atoms with Crippen LogP contribution in [0.1, 0.15) is 35.7 Å². The molecule has 1 aromatic heterocycles. The van der Waals surface area contributed by atoms with Gasteiger partial charge in [-0.1, -0.05) is 80.1 Å². The molecule has 0 atom stereocenters. The molecular weight excluding hydrogens is 470 g/mol. The largest absolute Gasteiger partial charge is 0.480 e. The van der Waals surface area contributed by atoms with E-state index in [0.717, 1.165) is 41.3 Å². The van der Waals surface area contributed by atoms with Crippen LogP contribution in [0.2, 0.25) is 0 Å². The van der Waals surface area contributed by atoms with Gasteiger partial charge in [0.1, 0.15) is 6.54 Å². The molecule has 0 aliphatic carbocycles. The van der Waals surface area contributed by atoms with E-state index in [1.54, 1.807) is 23.5 Å². The van der Waals surface area contributed by atoms with Gasteiger partial charge in [-0.25, -0.2) is 4.98 Å². The number of carboxylic acids is 1. The Kier molecular flexibility index (Phi) is 8.47. The molecular formula is C29H29N3O3S. The summed E-state index contributed by atoms with van der Waals surface area (Å²) >= 11 is 1.64. The minimum absolute atomic E-state index is 0.394. The number of benzene rings is 3. The van der Waals surface area contributed by atoms with E-state index < -0.39 is 18.4 Å². The summed E-state index contributed by atoms with van der Waals surface area (Å²) in [6.45, 7) is 3.34. The molecule has 0 bridgehead atoms. The standard InChI is InChI=1S/C29H29N3O3S/c1-2-3-17-32(19-21-9-11-25(12-10-21)28(35)30-18-27(33)34)29-31-26(20-36-29)24-15-13-23(14-16-24)22-7-5-4-6-8-22/h4-16,20H,2-3,17-19H2,1H3,(H,30,35)(H,33,34). The number of hydrogen-bond donors (Lipinski definition) is 2. The van der Waals surface area contributed by atoms with Crippen molar-refractivity contribution in [3.05, 3.63) is 95.4 Å². The van der Waals surface area contributed by atoms with Crippen molar-refractivity contribution in [2.75, 3.05) is 18.0 Å². The van der Waals surface area contributed by atoms with Crippen LogP contribution in [-0.4, -0.2) is 35.1 Å². The Morgan fingerprint density at radius 3 is 2.25 bits per heavy atom. The van der Waals surface area contributed by atoms with Crippen LogP contribution in [0.3, 0.4) is 0 Å². The Hall–Kier alpha value is -3.97. The Morgan fingerprint density at radius 1 is 0.917 bits per heavy atom. The first-order valence-electron chi connectivity index (χ1n) is 12.0. The highest BCUT2D eigenvalue weighted by Gasteiger charge is 2.14. The molecule has 0 saturated carbocycles. The molecule has 0 radical (unpaired) electrons. The fourth-order valence-electron chi connectivity index (χ4n) is 3.84. The van der Waals surface area contributed by atoms with E-state index in [0.29, 0.717) is 12.1 Å². The number of rotatable bonds is 11. The summed E-state index contributed by atoms with van der Waals surface area (Å²) in [6.07, 6.45) is 2.13. The first-order valence-corrected chi connectivity index (χ1v) is 12.9. The zero-order valence-electron chi connectivity index (χ0n) is 20.2. The summed E-state index contributed by atoms with van der Waals surface area (Å²) in [5.74, 6) is -1.46. The lowest BCUT2D eigenvalue weighted by molar-refractivity contribution is -0.135. The predicted molar refractivity (Wildman–Crippen MR) is 145 cm³/mol. The summed E-state index contributed by atoms with van der Waals surface area (Å²) in [7, 11) is 0. The molecule has 1 heterocycles. The molecule has 4 aromatic rings. The Balaban J connectivity index is 1.46. The number of aliphatic carboxylic acids is 1. The molecule has 3 aromatic carbocycles. The van der Waals surface area contributed by atoms with Gasteiger partial charge >= 0.3 is 5.97 Å². The monoisotopic (exact) mass is 499 g/mol. The first-order chi connectivity index (χ1) is 17.5. The van der Waals surface area contributed by atoms with Crippen molar-refractivity contribution in [1.29, 1.82) is 0 Å². The minimum atomic E-state index is -1.07. The van der Waals surface area contributed by atoms with Crippen LogP contribution in [0, 0.1) is 0 Å². The van der Waals surface area contributed by atoms with Gasteiger partial charge in [-0.15, -0.1) is 11.3 Å². The topological polar surface area (TPSA) is 82.5 Å². The van der Waals surface area contributed by atoms with Crippen molar-refractivity contribution < 1.29 is 14.7 Å². The predicted octanol–water partition coefficient (Wildman–Crippen LogP) is 6.10. The van der Waals surface area contributed by atoms with E-state index in [9.17, 15) is 9.59 Å². The number of anilines is 1. The van der Waals surface area contributed by atoms with E-state index in [4.69, 9.17) is 10.1 Å². The molecule has 7 heteroatoms. The third-order valence-electron chi connectivity index (χ3n) is 5.82. The van der Waals surface area contributed by atoms with E-state index in [2.05, 4.69) is 58.9 Å². The molecule has 6 nitrogen and oxygen atoms in total.